The average molecular weight is 396 g/mol. The minimum Gasteiger partial charge on any atom is -0.463 e. The highest BCUT2D eigenvalue weighted by Crippen LogP contribution is 2.28. The zero-order valence-electron chi connectivity index (χ0n) is 15.9. The third-order valence-corrected chi connectivity index (χ3v) is 3.95. The molecule has 28 heavy (non-hydrogen) atoms. The summed E-state index contributed by atoms with van der Waals surface area (Å²) in [6, 6.07) is 9.20. The number of ether oxygens (including phenoxy) is 5. The van der Waals surface area contributed by atoms with Crippen LogP contribution in [-0.2, 0) is 44.7 Å². The van der Waals surface area contributed by atoms with Crippen LogP contribution in [0.5, 0.6) is 0 Å². The largest absolute Gasteiger partial charge is 0.463 e. The maximum absolute atomic E-state index is 11.6. The van der Waals surface area contributed by atoms with E-state index in [0.29, 0.717) is 0 Å². The monoisotopic (exact) mass is 396 g/mol. The van der Waals surface area contributed by atoms with Crippen molar-refractivity contribution in [1.29, 1.82) is 0 Å². The first-order chi connectivity index (χ1) is 13.3. The molecular weight excluding hydrogens is 372 g/mol. The third kappa shape index (κ3) is 6.29. The molecule has 0 aliphatic carbocycles. The second-order valence-corrected chi connectivity index (χ2v) is 6.28. The van der Waals surface area contributed by atoms with Crippen LogP contribution in [0.1, 0.15) is 26.3 Å². The van der Waals surface area contributed by atoms with Crippen molar-refractivity contribution in [2.75, 3.05) is 6.61 Å². The van der Waals surface area contributed by atoms with E-state index < -0.39 is 48.6 Å². The molecule has 5 atom stereocenters. The van der Waals surface area contributed by atoms with Gasteiger partial charge in [-0.3, -0.25) is 14.4 Å². The van der Waals surface area contributed by atoms with Crippen LogP contribution in [0, 0.1) is 0 Å². The van der Waals surface area contributed by atoms with Crippen LogP contribution < -0.4 is 0 Å². The van der Waals surface area contributed by atoms with Crippen molar-refractivity contribution in [3.05, 3.63) is 35.9 Å². The lowest BCUT2D eigenvalue weighted by Crippen LogP contribution is -2.62. The summed E-state index contributed by atoms with van der Waals surface area (Å²) in [6.07, 6.45) is -5.95. The molecule has 0 bridgehead atoms. The van der Waals surface area contributed by atoms with Crippen molar-refractivity contribution in [3.8, 4) is 0 Å². The van der Waals surface area contributed by atoms with Gasteiger partial charge in [0.25, 0.3) is 0 Å². The lowest BCUT2D eigenvalue weighted by atomic mass is 9.98. The van der Waals surface area contributed by atoms with Gasteiger partial charge in [0, 0.05) is 20.8 Å². The standard InChI is InChI=1S/C19H24O9/c1-11(20)24-10-15-16(25-9-14-7-5-4-6-8-14)17(26-12(2)21)18(19(23)28-15)27-13(3)22/h4-8,15-19,23H,9-10H2,1-3H3/t15-,16-,17-,18-,19?/m0/s1. The number of aliphatic hydroxyl groups excluding tert-OH is 1. The Morgan fingerprint density at radius 1 is 0.929 bits per heavy atom. The molecular formula is C19H24O9. The smallest absolute Gasteiger partial charge is 0.303 e. The molecule has 0 amide bonds. The zero-order chi connectivity index (χ0) is 20.7. The molecule has 1 unspecified atom stereocenters. The molecule has 9 nitrogen and oxygen atoms in total. The van der Waals surface area contributed by atoms with Crippen LogP contribution in [0.2, 0.25) is 0 Å². The minimum atomic E-state index is -1.59. The lowest BCUT2D eigenvalue weighted by molar-refractivity contribution is -0.301. The molecule has 9 heteroatoms. The average Bonchev–Trinajstić information content (AvgIpc) is 2.62. The maximum Gasteiger partial charge on any atom is 0.303 e. The SMILES string of the molecule is CC(=O)OC[C@@H]1OC(O)[C@@H](OC(C)=O)[C@@H](OC(C)=O)[C@H]1OCc1ccccc1. The number of carbonyl (C=O) groups is 3. The normalized spacial score (nSPS) is 26.9. The fraction of sp³-hybridized carbons (Fsp3) is 0.526. The molecule has 1 aliphatic heterocycles. The van der Waals surface area contributed by atoms with E-state index in [4.69, 9.17) is 23.7 Å². The third-order valence-electron chi connectivity index (χ3n) is 3.95. The predicted molar refractivity (Wildman–Crippen MR) is 93.6 cm³/mol. The Kier molecular flexibility index (Phi) is 7.91. The summed E-state index contributed by atoms with van der Waals surface area (Å²) < 4.78 is 26.7. The van der Waals surface area contributed by atoms with Gasteiger partial charge in [-0.25, -0.2) is 0 Å². The van der Waals surface area contributed by atoms with Gasteiger partial charge in [-0.2, -0.15) is 0 Å². The van der Waals surface area contributed by atoms with Crippen LogP contribution in [0.3, 0.4) is 0 Å². The predicted octanol–water partition coefficient (Wildman–Crippen LogP) is 0.716. The van der Waals surface area contributed by atoms with Gasteiger partial charge in [0.2, 0.25) is 0 Å². The lowest BCUT2D eigenvalue weighted by Gasteiger charge is -2.43. The molecule has 1 heterocycles. The number of hydrogen-bond donors (Lipinski definition) is 1. The molecule has 2 rings (SSSR count). The van der Waals surface area contributed by atoms with Gasteiger partial charge < -0.3 is 28.8 Å². The molecule has 1 fully saturated rings. The van der Waals surface area contributed by atoms with Crippen LogP contribution in [0.25, 0.3) is 0 Å². The van der Waals surface area contributed by atoms with E-state index in [-0.39, 0.29) is 13.2 Å². The van der Waals surface area contributed by atoms with E-state index in [9.17, 15) is 19.5 Å². The van der Waals surface area contributed by atoms with E-state index in [1.54, 1.807) is 0 Å². The molecule has 0 spiro atoms. The van der Waals surface area contributed by atoms with Gasteiger partial charge in [0.05, 0.1) is 6.61 Å². The van der Waals surface area contributed by atoms with Gasteiger partial charge in [-0.1, -0.05) is 30.3 Å². The number of rotatable bonds is 7. The summed E-state index contributed by atoms with van der Waals surface area (Å²) >= 11 is 0. The maximum atomic E-state index is 11.6. The second kappa shape index (κ2) is 10.2. The van der Waals surface area contributed by atoms with E-state index in [1.165, 1.54) is 13.8 Å². The number of carbonyl (C=O) groups excluding carboxylic acids is 3. The van der Waals surface area contributed by atoms with Crippen LogP contribution >= 0.6 is 0 Å². The van der Waals surface area contributed by atoms with E-state index in [0.717, 1.165) is 12.5 Å². The Hall–Kier alpha value is -2.49. The summed E-state index contributed by atoms with van der Waals surface area (Å²) in [5, 5.41) is 10.3. The van der Waals surface area contributed by atoms with Crippen LogP contribution in [0.4, 0.5) is 0 Å². The highest BCUT2D eigenvalue weighted by molar-refractivity contribution is 5.67. The molecule has 0 aromatic heterocycles. The topological polar surface area (TPSA) is 118 Å². The van der Waals surface area contributed by atoms with E-state index >= 15 is 0 Å². The number of esters is 3. The Bertz CT molecular complexity index is 675. The van der Waals surface area contributed by atoms with Crippen molar-refractivity contribution in [1.82, 2.24) is 0 Å². The van der Waals surface area contributed by atoms with Gasteiger partial charge in [0.15, 0.2) is 18.5 Å². The summed E-state index contributed by atoms with van der Waals surface area (Å²) in [5.41, 5.74) is 0.838. The quantitative estimate of drug-likeness (QED) is 0.525. The Labute approximate surface area is 162 Å². The van der Waals surface area contributed by atoms with E-state index in [2.05, 4.69) is 0 Å². The summed E-state index contributed by atoms with van der Waals surface area (Å²) in [5.74, 6) is -1.90. The molecule has 154 valence electrons. The molecule has 0 saturated carbocycles. The minimum absolute atomic E-state index is 0.131. The number of hydrogen-bond acceptors (Lipinski definition) is 9. The van der Waals surface area contributed by atoms with Crippen LogP contribution in [0.15, 0.2) is 30.3 Å². The highest BCUT2D eigenvalue weighted by Gasteiger charge is 2.50. The second-order valence-electron chi connectivity index (χ2n) is 6.28. The van der Waals surface area contributed by atoms with Gasteiger partial charge >= 0.3 is 17.9 Å². The molecule has 1 aliphatic rings. The first kappa shape index (κ1) is 21.8. The molecule has 0 radical (unpaired) electrons. The Balaban J connectivity index is 2.26. The van der Waals surface area contributed by atoms with Crippen molar-refractivity contribution < 1.29 is 43.2 Å². The fourth-order valence-corrected chi connectivity index (χ4v) is 2.84. The molecule has 1 aromatic carbocycles. The summed E-state index contributed by atoms with van der Waals surface area (Å²) in [4.78, 5) is 34.2. The van der Waals surface area contributed by atoms with Crippen molar-refractivity contribution >= 4 is 17.9 Å². The molecule has 1 N–H and O–H groups in total. The Morgan fingerprint density at radius 2 is 1.54 bits per heavy atom. The number of benzene rings is 1. The highest BCUT2D eigenvalue weighted by atomic mass is 16.7. The van der Waals surface area contributed by atoms with Crippen LogP contribution in [-0.4, -0.2) is 60.3 Å². The van der Waals surface area contributed by atoms with Crippen molar-refractivity contribution in [2.45, 2.75) is 58.1 Å². The van der Waals surface area contributed by atoms with Crippen molar-refractivity contribution in [3.63, 3.8) is 0 Å². The Morgan fingerprint density at radius 3 is 2.11 bits per heavy atom. The zero-order valence-corrected chi connectivity index (χ0v) is 15.9. The molecule has 1 aromatic rings. The van der Waals surface area contributed by atoms with Gasteiger partial charge in [-0.15, -0.1) is 0 Å². The van der Waals surface area contributed by atoms with Crippen molar-refractivity contribution in [2.24, 2.45) is 0 Å². The molecule has 1 saturated heterocycles. The first-order valence-electron chi connectivity index (χ1n) is 8.74. The van der Waals surface area contributed by atoms with Gasteiger partial charge in [0.1, 0.15) is 18.8 Å². The first-order valence-corrected chi connectivity index (χ1v) is 8.74. The number of aliphatic hydroxyl groups is 1. The summed E-state index contributed by atoms with van der Waals surface area (Å²) in [6.45, 7) is 3.46. The summed E-state index contributed by atoms with van der Waals surface area (Å²) in [7, 11) is 0. The fourth-order valence-electron chi connectivity index (χ4n) is 2.84. The van der Waals surface area contributed by atoms with E-state index in [1.807, 2.05) is 30.3 Å². The van der Waals surface area contributed by atoms with Gasteiger partial charge in [-0.05, 0) is 5.56 Å².